The van der Waals surface area contributed by atoms with Gasteiger partial charge in [-0.2, -0.15) is 0 Å². The summed E-state index contributed by atoms with van der Waals surface area (Å²) in [5.74, 6) is 0. The largest absolute Gasteiger partial charge is 0.309 e. The molecule has 2 heteroatoms. The Morgan fingerprint density at radius 1 is 0.250 bits per heavy atom. The number of hydrogen-bond acceptors (Lipinski definition) is 0. The zero-order chi connectivity index (χ0) is 37.0. The molecule has 0 unspecified atom stereocenters. The second-order valence-corrected chi connectivity index (χ2v) is 14.4. The van der Waals surface area contributed by atoms with Gasteiger partial charge in [0.15, 0.2) is 0 Å². The molecule has 262 valence electrons. The molecule has 0 fully saturated rings. The van der Waals surface area contributed by atoms with Gasteiger partial charge in [0, 0.05) is 49.6 Å². The highest BCUT2D eigenvalue weighted by molar-refractivity contribution is 6.26. The molecule has 0 spiro atoms. The van der Waals surface area contributed by atoms with E-state index in [1.165, 1.54) is 88.1 Å². The Balaban J connectivity index is 1.36. The third kappa shape index (κ3) is 4.97. The van der Waals surface area contributed by atoms with Crippen LogP contribution in [0, 0.1) is 0 Å². The van der Waals surface area contributed by atoms with E-state index in [9.17, 15) is 0 Å². The van der Waals surface area contributed by atoms with Crippen LogP contribution >= 0.6 is 0 Å². The van der Waals surface area contributed by atoms with Crippen molar-refractivity contribution in [2.45, 2.75) is 0 Å². The molecule has 0 saturated heterocycles. The maximum atomic E-state index is 2.53. The van der Waals surface area contributed by atoms with Gasteiger partial charge in [-0.1, -0.05) is 182 Å². The predicted octanol–water partition coefficient (Wildman–Crippen LogP) is 14.5. The summed E-state index contributed by atoms with van der Waals surface area (Å²) in [6.45, 7) is 0. The van der Waals surface area contributed by atoms with Crippen LogP contribution < -0.4 is 0 Å². The first-order valence-electron chi connectivity index (χ1n) is 19.3. The molecule has 0 radical (unpaired) electrons. The Kier molecular flexibility index (Phi) is 7.53. The molecule has 0 atom stereocenters. The third-order valence-electron chi connectivity index (χ3n) is 11.3. The Bertz CT molecular complexity index is 3160. The Labute approximate surface area is 325 Å². The molecule has 11 aromatic rings. The molecule has 2 aromatic heterocycles. The van der Waals surface area contributed by atoms with Crippen LogP contribution in [0.3, 0.4) is 0 Å². The van der Waals surface area contributed by atoms with Crippen molar-refractivity contribution in [1.82, 2.24) is 9.13 Å². The lowest BCUT2D eigenvalue weighted by Gasteiger charge is -2.24. The molecule has 2 nitrogen and oxygen atoms in total. The summed E-state index contributed by atoms with van der Waals surface area (Å²) < 4.78 is 4.94. The van der Waals surface area contributed by atoms with Gasteiger partial charge in [0.2, 0.25) is 0 Å². The quantitative estimate of drug-likeness (QED) is 0.162. The van der Waals surface area contributed by atoms with Crippen molar-refractivity contribution in [3.8, 4) is 55.9 Å². The zero-order valence-electron chi connectivity index (χ0n) is 30.7. The minimum absolute atomic E-state index is 1.11. The number of aromatic nitrogens is 2. The molecule has 2 heterocycles. The van der Waals surface area contributed by atoms with Crippen molar-refractivity contribution < 1.29 is 0 Å². The smallest absolute Gasteiger partial charge is 0.0632 e. The normalized spacial score (nSPS) is 11.6. The number of hydrogen-bond donors (Lipinski definition) is 0. The number of rotatable bonds is 6. The number of para-hydroxylation sites is 3. The number of benzene rings is 9. The fraction of sp³-hybridized carbons (Fsp3) is 0. The highest BCUT2D eigenvalue weighted by Gasteiger charge is 2.29. The van der Waals surface area contributed by atoms with Gasteiger partial charge in [-0.05, 0) is 64.2 Å². The summed E-state index contributed by atoms with van der Waals surface area (Å²) in [7, 11) is 0. The van der Waals surface area contributed by atoms with Gasteiger partial charge in [0.1, 0.15) is 0 Å². The lowest BCUT2D eigenvalue weighted by Crippen LogP contribution is -2.02. The molecular weight excluding hydrogens is 677 g/mol. The topological polar surface area (TPSA) is 9.86 Å². The molecule has 9 aromatic carbocycles. The van der Waals surface area contributed by atoms with E-state index in [-0.39, 0.29) is 0 Å². The van der Waals surface area contributed by atoms with Crippen molar-refractivity contribution in [3.05, 3.63) is 218 Å². The summed E-state index contributed by atoms with van der Waals surface area (Å²) in [6.07, 6.45) is 0. The molecule has 11 rings (SSSR count). The van der Waals surface area contributed by atoms with Gasteiger partial charge < -0.3 is 9.13 Å². The van der Waals surface area contributed by atoms with E-state index in [1.807, 2.05) is 0 Å². The summed E-state index contributed by atoms with van der Waals surface area (Å²) in [5.41, 5.74) is 16.6. The summed E-state index contributed by atoms with van der Waals surface area (Å²) in [5, 5.41) is 4.97. The van der Waals surface area contributed by atoms with E-state index in [2.05, 4.69) is 228 Å². The first-order valence-corrected chi connectivity index (χ1v) is 19.3. The lowest BCUT2D eigenvalue weighted by molar-refractivity contribution is 1.13. The van der Waals surface area contributed by atoms with E-state index in [0.29, 0.717) is 0 Å². The Hall–Kier alpha value is -7.42. The second kappa shape index (κ2) is 13.2. The standard InChI is InChI=1S/C54H36N2/c1-5-20-37(21-6-1)49-50(38-22-7-2-8-23-38)52(40-26-11-4-12-27-40)54-53(51(49)39-24-9-3-10-25-39)45-32-15-18-35-48(45)56(54)42-29-19-28-41(36-42)55-46-33-16-13-30-43(46)44-31-14-17-34-47(44)55/h1-36H. The van der Waals surface area contributed by atoms with Crippen LogP contribution in [0.1, 0.15) is 0 Å². The molecule has 0 aliphatic rings. The maximum absolute atomic E-state index is 2.53. The van der Waals surface area contributed by atoms with Crippen LogP contribution in [-0.4, -0.2) is 9.13 Å². The van der Waals surface area contributed by atoms with Crippen LogP contribution in [0.2, 0.25) is 0 Å². The molecule has 0 bridgehead atoms. The molecule has 0 N–H and O–H groups in total. The monoisotopic (exact) mass is 712 g/mol. The summed E-state index contributed by atoms with van der Waals surface area (Å²) in [6, 6.07) is 79.5. The summed E-state index contributed by atoms with van der Waals surface area (Å²) >= 11 is 0. The van der Waals surface area contributed by atoms with Crippen LogP contribution in [0.15, 0.2) is 218 Å². The third-order valence-corrected chi connectivity index (χ3v) is 11.3. The van der Waals surface area contributed by atoms with Crippen LogP contribution in [-0.2, 0) is 0 Å². The van der Waals surface area contributed by atoms with Gasteiger partial charge in [-0.15, -0.1) is 0 Å². The van der Waals surface area contributed by atoms with E-state index in [4.69, 9.17) is 0 Å². The fourth-order valence-corrected chi connectivity index (χ4v) is 9.03. The van der Waals surface area contributed by atoms with Gasteiger partial charge in [0.25, 0.3) is 0 Å². The minimum Gasteiger partial charge on any atom is -0.309 e. The highest BCUT2D eigenvalue weighted by Crippen LogP contribution is 2.54. The van der Waals surface area contributed by atoms with Crippen molar-refractivity contribution in [1.29, 1.82) is 0 Å². The van der Waals surface area contributed by atoms with Gasteiger partial charge >= 0.3 is 0 Å². The van der Waals surface area contributed by atoms with Crippen molar-refractivity contribution in [2.24, 2.45) is 0 Å². The SMILES string of the molecule is c1ccc(-c2c(-c3ccccc3)c(-c3ccccc3)c3c(c2-c2ccccc2)c2ccccc2n3-c2cccc(-n3c4ccccc4c4ccccc43)c2)cc1. The predicted molar refractivity (Wildman–Crippen MR) is 237 cm³/mol. The molecule has 56 heavy (non-hydrogen) atoms. The number of fused-ring (bicyclic) bond motifs is 6. The maximum Gasteiger partial charge on any atom is 0.0632 e. The molecule has 0 aliphatic carbocycles. The van der Waals surface area contributed by atoms with Crippen LogP contribution in [0.4, 0.5) is 0 Å². The van der Waals surface area contributed by atoms with E-state index >= 15 is 0 Å². The lowest BCUT2D eigenvalue weighted by atomic mass is 9.80. The van der Waals surface area contributed by atoms with Crippen LogP contribution in [0.25, 0.3) is 99.5 Å². The van der Waals surface area contributed by atoms with Crippen LogP contribution in [0.5, 0.6) is 0 Å². The summed E-state index contributed by atoms with van der Waals surface area (Å²) in [4.78, 5) is 0. The Morgan fingerprint density at radius 3 is 1.11 bits per heavy atom. The van der Waals surface area contributed by atoms with Gasteiger partial charge in [-0.3, -0.25) is 0 Å². The highest BCUT2D eigenvalue weighted by atomic mass is 15.0. The molecule has 0 amide bonds. The molecular formula is C54H36N2. The minimum atomic E-state index is 1.11. The average molecular weight is 713 g/mol. The fourth-order valence-electron chi connectivity index (χ4n) is 9.03. The molecule has 0 saturated carbocycles. The first kappa shape index (κ1) is 32.0. The molecule has 0 aliphatic heterocycles. The van der Waals surface area contributed by atoms with Gasteiger partial charge in [-0.25, -0.2) is 0 Å². The average Bonchev–Trinajstić information content (AvgIpc) is 3.80. The first-order chi connectivity index (χ1) is 27.8. The van der Waals surface area contributed by atoms with E-state index in [1.54, 1.807) is 0 Å². The number of nitrogens with zero attached hydrogens (tertiary/aromatic N) is 2. The van der Waals surface area contributed by atoms with E-state index in [0.717, 1.165) is 11.4 Å². The van der Waals surface area contributed by atoms with Crippen molar-refractivity contribution in [2.75, 3.05) is 0 Å². The van der Waals surface area contributed by atoms with E-state index < -0.39 is 0 Å². The van der Waals surface area contributed by atoms with Crippen molar-refractivity contribution in [3.63, 3.8) is 0 Å². The second-order valence-electron chi connectivity index (χ2n) is 14.4. The zero-order valence-corrected chi connectivity index (χ0v) is 30.7. The van der Waals surface area contributed by atoms with Gasteiger partial charge in [0.05, 0.1) is 22.1 Å². The Morgan fingerprint density at radius 2 is 0.607 bits per heavy atom. The van der Waals surface area contributed by atoms with Crippen molar-refractivity contribution >= 4 is 43.6 Å².